The Labute approximate surface area is 99.1 Å². The first-order chi connectivity index (χ1) is 8.15. The Hall–Kier alpha value is -1.49. The Bertz CT molecular complexity index is 423. The smallest absolute Gasteiger partial charge is 0.172 e. The van der Waals surface area contributed by atoms with E-state index in [9.17, 15) is 9.50 Å². The summed E-state index contributed by atoms with van der Waals surface area (Å²) in [5.74, 6) is -0.382. The third kappa shape index (κ3) is 2.15. The fraction of sp³-hybridized carbons (Fsp3) is 0.500. The average Bonchev–Trinajstić information content (AvgIpc) is 2.31. The lowest BCUT2D eigenvalue weighted by atomic mass is 9.95. The minimum Gasteiger partial charge on any atom is -0.505 e. The lowest BCUT2D eigenvalue weighted by Gasteiger charge is -2.24. The number of ether oxygens (including phenoxy) is 2. The van der Waals surface area contributed by atoms with Crippen molar-refractivity contribution in [3.63, 3.8) is 0 Å². The molecule has 17 heavy (non-hydrogen) atoms. The minimum absolute atomic E-state index is 0.123. The zero-order valence-corrected chi connectivity index (χ0v) is 9.70. The monoisotopic (exact) mass is 241 g/mol. The third-order valence-electron chi connectivity index (χ3n) is 2.88. The predicted molar refractivity (Wildman–Crippen MR) is 61.1 cm³/mol. The van der Waals surface area contributed by atoms with Gasteiger partial charge in [0, 0.05) is 11.6 Å². The van der Waals surface area contributed by atoms with Crippen LogP contribution in [0.3, 0.4) is 0 Å². The van der Waals surface area contributed by atoms with Crippen LogP contribution >= 0.6 is 0 Å². The highest BCUT2D eigenvalue weighted by Gasteiger charge is 2.26. The number of benzene rings is 1. The highest BCUT2D eigenvalue weighted by atomic mass is 19.1. The topological polar surface area (TPSA) is 64.7 Å². The fourth-order valence-electron chi connectivity index (χ4n) is 2.01. The second kappa shape index (κ2) is 4.79. The maximum absolute atomic E-state index is 13.9. The van der Waals surface area contributed by atoms with E-state index in [0.29, 0.717) is 43.2 Å². The number of hydrogen-bond donors (Lipinski definition) is 2. The fourth-order valence-corrected chi connectivity index (χ4v) is 2.01. The standard InChI is InChI=1S/C12H16FNO3/c1-7(2-3-14)10-11(13)8(15)6-9-12(10)17-5-4-16-9/h6-7,15H,2-5,14H2,1H3. The van der Waals surface area contributed by atoms with Crippen molar-refractivity contribution in [3.05, 3.63) is 17.4 Å². The molecule has 1 unspecified atom stereocenters. The van der Waals surface area contributed by atoms with Crippen molar-refractivity contribution in [1.29, 1.82) is 0 Å². The second-order valence-corrected chi connectivity index (χ2v) is 4.13. The van der Waals surface area contributed by atoms with Gasteiger partial charge in [0.25, 0.3) is 0 Å². The van der Waals surface area contributed by atoms with E-state index >= 15 is 0 Å². The number of nitrogens with two attached hydrogens (primary N) is 1. The van der Waals surface area contributed by atoms with Crippen molar-refractivity contribution >= 4 is 0 Å². The van der Waals surface area contributed by atoms with Crippen molar-refractivity contribution in [2.75, 3.05) is 19.8 Å². The number of aromatic hydroxyl groups is 1. The van der Waals surface area contributed by atoms with Gasteiger partial charge in [-0.15, -0.1) is 0 Å². The Kier molecular flexibility index (Phi) is 3.38. The van der Waals surface area contributed by atoms with Crippen molar-refractivity contribution in [2.24, 2.45) is 5.73 Å². The number of hydrogen-bond acceptors (Lipinski definition) is 4. The van der Waals surface area contributed by atoms with E-state index in [-0.39, 0.29) is 5.92 Å². The number of rotatable bonds is 3. The molecule has 0 fully saturated rings. The van der Waals surface area contributed by atoms with Gasteiger partial charge < -0.3 is 20.3 Å². The normalized spacial score (nSPS) is 15.7. The van der Waals surface area contributed by atoms with Crippen molar-refractivity contribution in [3.8, 4) is 17.2 Å². The van der Waals surface area contributed by atoms with Crippen LogP contribution in [-0.2, 0) is 0 Å². The van der Waals surface area contributed by atoms with Crippen LogP contribution in [0.15, 0.2) is 6.07 Å². The SMILES string of the molecule is CC(CCN)c1c(F)c(O)cc2c1OCCO2. The molecule has 94 valence electrons. The van der Waals surface area contributed by atoms with Crippen LogP contribution in [0.4, 0.5) is 4.39 Å². The zero-order chi connectivity index (χ0) is 12.4. The van der Waals surface area contributed by atoms with Crippen LogP contribution in [0.2, 0.25) is 0 Å². The molecule has 0 bridgehead atoms. The molecule has 1 heterocycles. The molecule has 1 aliphatic heterocycles. The van der Waals surface area contributed by atoms with Crippen LogP contribution in [-0.4, -0.2) is 24.9 Å². The van der Waals surface area contributed by atoms with Crippen LogP contribution in [0, 0.1) is 5.82 Å². The van der Waals surface area contributed by atoms with Gasteiger partial charge >= 0.3 is 0 Å². The molecule has 5 heteroatoms. The van der Waals surface area contributed by atoms with E-state index in [0.717, 1.165) is 0 Å². The summed E-state index contributed by atoms with van der Waals surface area (Å²) in [5, 5.41) is 9.53. The number of halogens is 1. The molecular formula is C12H16FNO3. The van der Waals surface area contributed by atoms with Gasteiger partial charge in [0.05, 0.1) is 0 Å². The maximum Gasteiger partial charge on any atom is 0.172 e. The average molecular weight is 241 g/mol. The van der Waals surface area contributed by atoms with Gasteiger partial charge in [-0.1, -0.05) is 6.92 Å². The number of phenolic OH excluding ortho intramolecular Hbond substituents is 1. The molecule has 0 saturated heterocycles. The van der Waals surface area contributed by atoms with E-state index in [4.69, 9.17) is 15.2 Å². The van der Waals surface area contributed by atoms with Gasteiger partial charge in [-0.05, 0) is 18.9 Å². The summed E-state index contributed by atoms with van der Waals surface area (Å²) in [7, 11) is 0. The zero-order valence-electron chi connectivity index (χ0n) is 9.70. The summed E-state index contributed by atoms with van der Waals surface area (Å²) < 4.78 is 24.7. The van der Waals surface area contributed by atoms with E-state index in [1.807, 2.05) is 6.92 Å². The van der Waals surface area contributed by atoms with Gasteiger partial charge in [0.2, 0.25) is 0 Å². The molecule has 0 aromatic heterocycles. The molecule has 2 rings (SSSR count). The van der Waals surface area contributed by atoms with Crippen LogP contribution in [0.1, 0.15) is 24.8 Å². The van der Waals surface area contributed by atoms with Crippen molar-refractivity contribution in [1.82, 2.24) is 0 Å². The molecule has 3 N–H and O–H groups in total. The predicted octanol–water partition coefficient (Wildman–Crippen LogP) is 1.75. The Morgan fingerprint density at radius 3 is 2.88 bits per heavy atom. The minimum atomic E-state index is -0.643. The number of phenols is 1. The van der Waals surface area contributed by atoms with Crippen LogP contribution < -0.4 is 15.2 Å². The largest absolute Gasteiger partial charge is 0.505 e. The molecule has 0 radical (unpaired) electrons. The van der Waals surface area contributed by atoms with E-state index < -0.39 is 11.6 Å². The Balaban J connectivity index is 2.50. The highest BCUT2D eigenvalue weighted by Crippen LogP contribution is 2.43. The lowest BCUT2D eigenvalue weighted by Crippen LogP contribution is -2.18. The first-order valence-corrected chi connectivity index (χ1v) is 5.66. The Morgan fingerprint density at radius 1 is 1.47 bits per heavy atom. The molecule has 0 amide bonds. The molecule has 0 saturated carbocycles. The number of fused-ring (bicyclic) bond motifs is 1. The highest BCUT2D eigenvalue weighted by molar-refractivity contribution is 5.54. The van der Waals surface area contributed by atoms with Gasteiger partial charge in [-0.3, -0.25) is 0 Å². The summed E-state index contributed by atoms with van der Waals surface area (Å²) in [5.41, 5.74) is 5.83. The summed E-state index contributed by atoms with van der Waals surface area (Å²) >= 11 is 0. The molecule has 1 aliphatic rings. The van der Waals surface area contributed by atoms with E-state index in [1.165, 1.54) is 6.07 Å². The maximum atomic E-state index is 13.9. The van der Waals surface area contributed by atoms with E-state index in [1.54, 1.807) is 0 Å². The van der Waals surface area contributed by atoms with Crippen LogP contribution in [0.5, 0.6) is 17.2 Å². The molecular weight excluding hydrogens is 225 g/mol. The summed E-state index contributed by atoms with van der Waals surface area (Å²) in [6.07, 6.45) is 0.621. The third-order valence-corrected chi connectivity index (χ3v) is 2.88. The van der Waals surface area contributed by atoms with Gasteiger partial charge in [-0.2, -0.15) is 0 Å². The quantitative estimate of drug-likeness (QED) is 0.846. The molecule has 0 aliphatic carbocycles. The Morgan fingerprint density at radius 2 is 2.18 bits per heavy atom. The van der Waals surface area contributed by atoms with Gasteiger partial charge in [0.15, 0.2) is 23.1 Å². The van der Waals surface area contributed by atoms with Gasteiger partial charge in [-0.25, -0.2) is 4.39 Å². The van der Waals surface area contributed by atoms with E-state index in [2.05, 4.69) is 0 Å². The summed E-state index contributed by atoms with van der Waals surface area (Å²) in [6, 6.07) is 1.25. The second-order valence-electron chi connectivity index (χ2n) is 4.13. The first kappa shape index (κ1) is 12.0. The molecule has 1 atom stereocenters. The summed E-state index contributed by atoms with van der Waals surface area (Å²) in [6.45, 7) is 3.09. The lowest BCUT2D eigenvalue weighted by molar-refractivity contribution is 0.166. The summed E-state index contributed by atoms with van der Waals surface area (Å²) in [4.78, 5) is 0. The van der Waals surface area contributed by atoms with Crippen molar-refractivity contribution in [2.45, 2.75) is 19.3 Å². The molecule has 0 spiro atoms. The van der Waals surface area contributed by atoms with Gasteiger partial charge in [0.1, 0.15) is 13.2 Å². The van der Waals surface area contributed by atoms with Crippen LogP contribution in [0.25, 0.3) is 0 Å². The molecule has 1 aromatic rings. The molecule has 4 nitrogen and oxygen atoms in total. The van der Waals surface area contributed by atoms with Crippen molar-refractivity contribution < 1.29 is 19.0 Å². The molecule has 1 aromatic carbocycles. The first-order valence-electron chi connectivity index (χ1n) is 5.66.